The topological polar surface area (TPSA) is 40.5 Å². The molecule has 0 bridgehead atoms. The Morgan fingerprint density at radius 3 is 1.24 bits per heavy atom. The lowest BCUT2D eigenvalue weighted by Crippen LogP contribution is -2.04. The van der Waals surface area contributed by atoms with Gasteiger partial charge in [0.15, 0.2) is 14.7 Å². The van der Waals surface area contributed by atoms with Gasteiger partial charge in [-0.15, -0.1) is 0 Å². The zero-order valence-electron chi connectivity index (χ0n) is 13.0. The Morgan fingerprint density at radius 2 is 0.880 bits per heavy atom. The Hall–Kier alpha value is -2.60. The fourth-order valence-corrected chi connectivity index (χ4v) is 4.19. The summed E-state index contributed by atoms with van der Waals surface area (Å²) in [6.07, 6.45) is 0. The second-order valence-electron chi connectivity index (χ2n) is 4.85. The molecule has 0 aromatic heterocycles. The number of aromatic hydroxyl groups is 2. The van der Waals surface area contributed by atoms with Crippen molar-refractivity contribution < 1.29 is 23.4 Å². The first-order chi connectivity index (χ1) is 12.0. The summed E-state index contributed by atoms with van der Waals surface area (Å²) in [5.74, 6) is 0.530. The normalized spacial score (nSPS) is 10.4. The molecule has 2 nitrogen and oxygen atoms in total. The van der Waals surface area contributed by atoms with E-state index in [1.54, 1.807) is 24.3 Å². The van der Waals surface area contributed by atoms with Crippen LogP contribution >= 0.6 is 0 Å². The van der Waals surface area contributed by atoms with E-state index in [0.29, 0.717) is 0 Å². The Morgan fingerprint density at radius 1 is 0.560 bits per heavy atom. The SMILES string of the molecule is FC(F)F.Oc1ccc([S+](c2ccccc2)c2ccc(O)cc2)cc1. The average molecular weight is 365 g/mol. The lowest BCUT2D eigenvalue weighted by molar-refractivity contribution is 0.00819. The number of hydrogen-bond donors (Lipinski definition) is 2. The van der Waals surface area contributed by atoms with Gasteiger partial charge in [0.1, 0.15) is 11.5 Å². The van der Waals surface area contributed by atoms with E-state index in [1.165, 1.54) is 4.90 Å². The second-order valence-corrected chi connectivity index (χ2v) is 6.88. The van der Waals surface area contributed by atoms with Crippen molar-refractivity contribution in [3.63, 3.8) is 0 Å². The number of halogens is 3. The molecule has 130 valence electrons. The van der Waals surface area contributed by atoms with Gasteiger partial charge in [-0.05, 0) is 60.7 Å². The van der Waals surface area contributed by atoms with Gasteiger partial charge >= 0.3 is 6.68 Å². The van der Waals surface area contributed by atoms with Gasteiger partial charge in [0.25, 0.3) is 0 Å². The highest BCUT2D eigenvalue weighted by Gasteiger charge is 2.28. The summed E-state index contributed by atoms with van der Waals surface area (Å²) in [4.78, 5) is 3.46. The van der Waals surface area contributed by atoms with E-state index in [2.05, 4.69) is 12.1 Å². The van der Waals surface area contributed by atoms with Crippen LogP contribution < -0.4 is 0 Å². The highest BCUT2D eigenvalue weighted by atomic mass is 32.2. The summed E-state index contributed by atoms with van der Waals surface area (Å²) in [5.41, 5.74) is 0. The monoisotopic (exact) mass is 365 g/mol. The van der Waals surface area contributed by atoms with Crippen LogP contribution in [0.1, 0.15) is 0 Å². The van der Waals surface area contributed by atoms with Crippen molar-refractivity contribution in [2.45, 2.75) is 21.4 Å². The molecular formula is C19H16F3O2S+. The molecule has 3 rings (SSSR count). The molecule has 0 saturated heterocycles. The standard InChI is InChI=1S/C18H14O2S.CHF3/c19-14-6-10-17(11-7-14)21(16-4-2-1-3-5-16)18-12-8-15(20)9-13-18;2-1(3)4/h1-13H,(H-,19,20);1H/p+1. The third-order valence-electron chi connectivity index (χ3n) is 3.12. The minimum atomic E-state index is -3.67. The van der Waals surface area contributed by atoms with Crippen LogP contribution in [0.3, 0.4) is 0 Å². The third kappa shape index (κ3) is 5.76. The lowest BCUT2D eigenvalue weighted by Gasteiger charge is -2.08. The van der Waals surface area contributed by atoms with Crippen molar-refractivity contribution >= 4 is 10.9 Å². The highest BCUT2D eigenvalue weighted by Crippen LogP contribution is 2.32. The van der Waals surface area contributed by atoms with Crippen LogP contribution in [0, 0.1) is 0 Å². The Kier molecular flexibility index (Phi) is 6.77. The largest absolute Gasteiger partial charge is 0.508 e. The number of phenolic OH excluding ortho intramolecular Hbond substituents is 2. The molecule has 0 heterocycles. The molecule has 0 aliphatic heterocycles. The van der Waals surface area contributed by atoms with Crippen LogP contribution in [0.15, 0.2) is 93.5 Å². The van der Waals surface area contributed by atoms with Crippen molar-refractivity contribution in [2.75, 3.05) is 0 Å². The zero-order chi connectivity index (χ0) is 18.2. The highest BCUT2D eigenvalue weighted by molar-refractivity contribution is 7.97. The van der Waals surface area contributed by atoms with E-state index in [0.717, 1.165) is 9.79 Å². The maximum atomic E-state index is 9.67. The summed E-state index contributed by atoms with van der Waals surface area (Å²) >= 11 is 0. The van der Waals surface area contributed by atoms with Crippen molar-refractivity contribution in [3.05, 3.63) is 78.9 Å². The molecular weight excluding hydrogens is 349 g/mol. The smallest absolute Gasteiger partial charge is 0.379 e. The van der Waals surface area contributed by atoms with E-state index in [1.807, 2.05) is 42.5 Å². The predicted molar refractivity (Wildman–Crippen MR) is 91.9 cm³/mol. The van der Waals surface area contributed by atoms with Gasteiger partial charge in [0, 0.05) is 0 Å². The van der Waals surface area contributed by atoms with Gasteiger partial charge in [-0.2, -0.15) is 13.2 Å². The van der Waals surface area contributed by atoms with E-state index < -0.39 is 6.68 Å². The van der Waals surface area contributed by atoms with E-state index in [-0.39, 0.29) is 22.4 Å². The first-order valence-electron chi connectivity index (χ1n) is 7.27. The molecule has 0 radical (unpaired) electrons. The molecule has 0 unspecified atom stereocenters. The Balaban J connectivity index is 0.000000511. The number of hydrogen-bond acceptors (Lipinski definition) is 2. The first-order valence-corrected chi connectivity index (χ1v) is 8.49. The fraction of sp³-hybridized carbons (Fsp3) is 0.0526. The molecule has 0 amide bonds. The molecule has 0 aliphatic rings. The molecule has 0 fully saturated rings. The minimum Gasteiger partial charge on any atom is -0.508 e. The van der Waals surface area contributed by atoms with Crippen LogP contribution in [0.25, 0.3) is 0 Å². The summed E-state index contributed by atoms with van der Waals surface area (Å²) in [5, 5.41) is 19.0. The van der Waals surface area contributed by atoms with Crippen molar-refractivity contribution in [2.24, 2.45) is 0 Å². The van der Waals surface area contributed by atoms with Crippen LogP contribution in [-0.2, 0) is 10.9 Å². The summed E-state index contributed by atoms with van der Waals surface area (Å²) in [7, 11) is -0.253. The molecule has 6 heteroatoms. The molecule has 0 spiro atoms. The third-order valence-corrected chi connectivity index (χ3v) is 5.35. The molecule has 0 saturated carbocycles. The van der Waals surface area contributed by atoms with E-state index in [9.17, 15) is 23.4 Å². The van der Waals surface area contributed by atoms with Crippen molar-refractivity contribution in [1.29, 1.82) is 0 Å². The molecule has 3 aromatic carbocycles. The van der Waals surface area contributed by atoms with Crippen LogP contribution in [-0.4, -0.2) is 16.9 Å². The zero-order valence-corrected chi connectivity index (χ0v) is 13.8. The van der Waals surface area contributed by atoms with E-state index >= 15 is 0 Å². The summed E-state index contributed by atoms with van der Waals surface area (Å²) in [6, 6.07) is 24.8. The van der Waals surface area contributed by atoms with E-state index in [4.69, 9.17) is 0 Å². The van der Waals surface area contributed by atoms with Gasteiger partial charge in [0.05, 0.1) is 10.9 Å². The Bertz CT molecular complexity index is 715. The van der Waals surface area contributed by atoms with Gasteiger partial charge in [-0.25, -0.2) is 0 Å². The average Bonchev–Trinajstić information content (AvgIpc) is 2.59. The van der Waals surface area contributed by atoms with Crippen LogP contribution in [0.2, 0.25) is 0 Å². The van der Waals surface area contributed by atoms with Gasteiger partial charge < -0.3 is 10.2 Å². The molecule has 25 heavy (non-hydrogen) atoms. The fourth-order valence-electron chi connectivity index (χ4n) is 2.13. The maximum absolute atomic E-state index is 9.67. The number of alkyl halides is 3. The van der Waals surface area contributed by atoms with Gasteiger partial charge in [-0.1, -0.05) is 18.2 Å². The number of phenols is 2. The Labute approximate surface area is 146 Å². The summed E-state index contributed by atoms with van der Waals surface area (Å²) < 4.78 is 29.0. The van der Waals surface area contributed by atoms with Gasteiger partial charge in [-0.3, -0.25) is 0 Å². The van der Waals surface area contributed by atoms with Crippen LogP contribution in [0.4, 0.5) is 13.2 Å². The molecule has 3 aromatic rings. The van der Waals surface area contributed by atoms with Gasteiger partial charge in [0.2, 0.25) is 0 Å². The second kappa shape index (κ2) is 9.03. The molecule has 0 atom stereocenters. The van der Waals surface area contributed by atoms with Crippen molar-refractivity contribution in [1.82, 2.24) is 0 Å². The first kappa shape index (κ1) is 18.7. The molecule has 0 aliphatic carbocycles. The maximum Gasteiger partial charge on any atom is 0.379 e. The summed E-state index contributed by atoms with van der Waals surface area (Å²) in [6.45, 7) is -3.67. The van der Waals surface area contributed by atoms with Crippen molar-refractivity contribution in [3.8, 4) is 11.5 Å². The number of rotatable bonds is 3. The van der Waals surface area contributed by atoms with Crippen LogP contribution in [0.5, 0.6) is 11.5 Å². The predicted octanol–water partition coefficient (Wildman–Crippen LogP) is 5.37. The number of benzene rings is 3. The quantitative estimate of drug-likeness (QED) is 0.613. The lowest BCUT2D eigenvalue weighted by atomic mass is 10.3. The molecule has 2 N–H and O–H groups in total. The minimum absolute atomic E-state index is 0.253.